The molecule has 1 amide bonds. The molecule has 0 aliphatic heterocycles. The molecule has 0 spiro atoms. The number of carbonyl (C=O) groups is 1. The van der Waals surface area contributed by atoms with Crippen LogP contribution < -0.4 is 15.7 Å². The molecule has 1 N–H and O–H groups in total. The molecular formula is C19H17NO4. The van der Waals surface area contributed by atoms with Gasteiger partial charge >= 0.3 is 5.63 Å². The molecule has 0 saturated carbocycles. The van der Waals surface area contributed by atoms with Crippen LogP contribution >= 0.6 is 0 Å². The van der Waals surface area contributed by atoms with Gasteiger partial charge in [0.15, 0.2) is 11.3 Å². The van der Waals surface area contributed by atoms with Gasteiger partial charge in [-0.2, -0.15) is 0 Å². The first-order valence-corrected chi connectivity index (χ1v) is 7.49. The van der Waals surface area contributed by atoms with E-state index in [1.54, 1.807) is 24.3 Å². The first-order chi connectivity index (χ1) is 11.5. The standard InChI is InChI=1S/C19H17NO4/c1-11-6-4-8-15(12(11)2)20-18(21)14-10-13-7-5-9-16(23-3)17(13)24-19(14)22/h4-10H,1-3H3,(H,20,21). The van der Waals surface area contributed by atoms with Crippen LogP contribution in [0, 0.1) is 13.8 Å². The maximum atomic E-state index is 12.5. The number of amides is 1. The van der Waals surface area contributed by atoms with Crippen molar-refractivity contribution < 1.29 is 13.9 Å². The van der Waals surface area contributed by atoms with Gasteiger partial charge in [-0.25, -0.2) is 4.79 Å². The second-order valence-electron chi connectivity index (χ2n) is 5.53. The third-order valence-electron chi connectivity index (χ3n) is 4.04. The first-order valence-electron chi connectivity index (χ1n) is 7.49. The van der Waals surface area contributed by atoms with Gasteiger partial charge in [-0.15, -0.1) is 0 Å². The lowest BCUT2D eigenvalue weighted by Crippen LogP contribution is -2.21. The third-order valence-corrected chi connectivity index (χ3v) is 4.04. The largest absolute Gasteiger partial charge is 0.493 e. The summed E-state index contributed by atoms with van der Waals surface area (Å²) in [6.45, 7) is 3.88. The molecule has 0 radical (unpaired) electrons. The van der Waals surface area contributed by atoms with Crippen LogP contribution in [0.25, 0.3) is 11.0 Å². The van der Waals surface area contributed by atoms with E-state index in [0.29, 0.717) is 22.4 Å². The molecule has 0 bridgehead atoms. The lowest BCUT2D eigenvalue weighted by atomic mass is 10.1. The van der Waals surface area contributed by atoms with Crippen LogP contribution in [0.5, 0.6) is 5.75 Å². The van der Waals surface area contributed by atoms with Gasteiger partial charge in [0.25, 0.3) is 5.91 Å². The van der Waals surface area contributed by atoms with Crippen LogP contribution in [0.15, 0.2) is 51.7 Å². The normalized spacial score (nSPS) is 10.6. The van der Waals surface area contributed by atoms with E-state index in [2.05, 4.69) is 5.32 Å². The number of para-hydroxylation sites is 1. The Kier molecular flexibility index (Phi) is 4.08. The number of anilines is 1. The van der Waals surface area contributed by atoms with Crippen molar-refractivity contribution in [3.63, 3.8) is 0 Å². The van der Waals surface area contributed by atoms with E-state index in [1.165, 1.54) is 13.2 Å². The first kappa shape index (κ1) is 15.8. The Hall–Kier alpha value is -3.08. The number of rotatable bonds is 3. The minimum absolute atomic E-state index is 0.0448. The van der Waals surface area contributed by atoms with Crippen molar-refractivity contribution in [3.8, 4) is 5.75 Å². The average Bonchev–Trinajstić information content (AvgIpc) is 2.57. The molecule has 3 aromatic rings. The van der Waals surface area contributed by atoms with Gasteiger partial charge in [0.05, 0.1) is 7.11 Å². The van der Waals surface area contributed by atoms with E-state index in [4.69, 9.17) is 9.15 Å². The van der Waals surface area contributed by atoms with Gasteiger partial charge in [-0.3, -0.25) is 4.79 Å². The van der Waals surface area contributed by atoms with E-state index >= 15 is 0 Å². The van der Waals surface area contributed by atoms with Gasteiger partial charge in [-0.05, 0) is 43.2 Å². The van der Waals surface area contributed by atoms with Crippen molar-refractivity contribution in [2.45, 2.75) is 13.8 Å². The number of benzene rings is 2. The molecule has 0 aliphatic carbocycles. The fourth-order valence-corrected chi connectivity index (χ4v) is 2.51. The van der Waals surface area contributed by atoms with Crippen molar-refractivity contribution in [1.29, 1.82) is 0 Å². The van der Waals surface area contributed by atoms with Gasteiger partial charge in [0.2, 0.25) is 0 Å². The van der Waals surface area contributed by atoms with E-state index in [1.807, 2.05) is 26.0 Å². The minimum Gasteiger partial charge on any atom is -0.493 e. The molecule has 122 valence electrons. The molecule has 2 aromatic carbocycles. The Labute approximate surface area is 138 Å². The predicted molar refractivity (Wildman–Crippen MR) is 92.9 cm³/mol. The molecule has 1 aromatic heterocycles. The number of hydrogen-bond donors (Lipinski definition) is 1. The van der Waals surface area contributed by atoms with Crippen molar-refractivity contribution >= 4 is 22.6 Å². The zero-order valence-corrected chi connectivity index (χ0v) is 13.7. The zero-order valence-electron chi connectivity index (χ0n) is 13.7. The fourth-order valence-electron chi connectivity index (χ4n) is 2.51. The summed E-state index contributed by atoms with van der Waals surface area (Å²) >= 11 is 0. The Morgan fingerprint density at radius 2 is 1.88 bits per heavy atom. The minimum atomic E-state index is -0.699. The maximum absolute atomic E-state index is 12.5. The molecule has 5 nitrogen and oxygen atoms in total. The summed E-state index contributed by atoms with van der Waals surface area (Å²) in [5.74, 6) is -0.0479. The number of hydrogen-bond acceptors (Lipinski definition) is 4. The monoisotopic (exact) mass is 323 g/mol. The number of aryl methyl sites for hydroxylation is 1. The van der Waals surface area contributed by atoms with Crippen LogP contribution in [-0.4, -0.2) is 13.0 Å². The molecule has 0 atom stereocenters. The summed E-state index contributed by atoms with van der Waals surface area (Å²) in [6.07, 6.45) is 0. The number of fused-ring (bicyclic) bond motifs is 1. The van der Waals surface area contributed by atoms with Crippen LogP contribution in [0.1, 0.15) is 21.5 Å². The average molecular weight is 323 g/mol. The second-order valence-corrected chi connectivity index (χ2v) is 5.53. The summed E-state index contributed by atoms with van der Waals surface area (Å²) in [6, 6.07) is 12.4. The number of carbonyl (C=O) groups excluding carboxylic acids is 1. The summed E-state index contributed by atoms with van der Waals surface area (Å²) < 4.78 is 10.5. The fraction of sp³-hybridized carbons (Fsp3) is 0.158. The summed E-state index contributed by atoms with van der Waals surface area (Å²) in [4.78, 5) is 24.7. The van der Waals surface area contributed by atoms with E-state index < -0.39 is 11.5 Å². The SMILES string of the molecule is COc1cccc2cc(C(=O)Nc3cccc(C)c3C)c(=O)oc12. The van der Waals surface area contributed by atoms with E-state index in [0.717, 1.165) is 11.1 Å². The molecule has 0 unspecified atom stereocenters. The molecule has 0 aliphatic rings. The summed E-state index contributed by atoms with van der Waals surface area (Å²) in [5.41, 5.74) is 2.27. The second kappa shape index (κ2) is 6.20. The molecule has 5 heteroatoms. The van der Waals surface area contributed by atoms with Crippen LogP contribution in [0.3, 0.4) is 0 Å². The van der Waals surface area contributed by atoms with Crippen molar-refractivity contribution in [2.24, 2.45) is 0 Å². The third kappa shape index (κ3) is 2.76. The molecule has 0 saturated heterocycles. The van der Waals surface area contributed by atoms with Gasteiger partial charge < -0.3 is 14.5 Å². The molecular weight excluding hydrogens is 306 g/mol. The van der Waals surface area contributed by atoms with Crippen molar-refractivity contribution in [2.75, 3.05) is 12.4 Å². The number of methoxy groups -OCH3 is 1. The van der Waals surface area contributed by atoms with Gasteiger partial charge in [0, 0.05) is 11.1 Å². The van der Waals surface area contributed by atoms with E-state index in [-0.39, 0.29) is 5.56 Å². The topological polar surface area (TPSA) is 68.5 Å². The molecule has 0 fully saturated rings. The highest BCUT2D eigenvalue weighted by atomic mass is 16.5. The Morgan fingerprint density at radius 3 is 2.62 bits per heavy atom. The van der Waals surface area contributed by atoms with Crippen molar-refractivity contribution in [3.05, 3.63) is 69.6 Å². The highest BCUT2D eigenvalue weighted by Crippen LogP contribution is 2.25. The van der Waals surface area contributed by atoms with Crippen LogP contribution in [-0.2, 0) is 0 Å². The van der Waals surface area contributed by atoms with E-state index in [9.17, 15) is 9.59 Å². The van der Waals surface area contributed by atoms with Gasteiger partial charge in [0.1, 0.15) is 5.56 Å². The quantitative estimate of drug-likeness (QED) is 0.747. The Balaban J connectivity index is 2.03. The number of ether oxygens (including phenoxy) is 1. The number of nitrogens with one attached hydrogen (secondary N) is 1. The summed E-state index contributed by atoms with van der Waals surface area (Å²) in [7, 11) is 1.50. The smallest absolute Gasteiger partial charge is 0.349 e. The lowest BCUT2D eigenvalue weighted by molar-refractivity contribution is 0.102. The molecule has 24 heavy (non-hydrogen) atoms. The highest BCUT2D eigenvalue weighted by molar-refractivity contribution is 6.06. The molecule has 3 rings (SSSR count). The van der Waals surface area contributed by atoms with Gasteiger partial charge in [-0.1, -0.05) is 24.3 Å². The zero-order chi connectivity index (χ0) is 17.3. The predicted octanol–water partition coefficient (Wildman–Crippen LogP) is 3.67. The Morgan fingerprint density at radius 1 is 1.12 bits per heavy atom. The maximum Gasteiger partial charge on any atom is 0.349 e. The summed E-state index contributed by atoms with van der Waals surface area (Å²) in [5, 5.41) is 3.40. The van der Waals surface area contributed by atoms with Crippen molar-refractivity contribution in [1.82, 2.24) is 0 Å². The highest BCUT2D eigenvalue weighted by Gasteiger charge is 2.16. The molecule has 1 heterocycles. The Bertz CT molecular complexity index is 988. The van der Waals surface area contributed by atoms with Crippen LogP contribution in [0.2, 0.25) is 0 Å². The lowest BCUT2D eigenvalue weighted by Gasteiger charge is -2.10. The van der Waals surface area contributed by atoms with Crippen LogP contribution in [0.4, 0.5) is 5.69 Å².